The van der Waals surface area contributed by atoms with E-state index in [0.717, 1.165) is 4.57 Å². The van der Waals surface area contributed by atoms with Crippen LogP contribution < -0.4 is 5.32 Å². The van der Waals surface area contributed by atoms with Gasteiger partial charge in [0.15, 0.2) is 0 Å². The molecule has 5 nitrogen and oxygen atoms in total. The third kappa shape index (κ3) is 3.49. The highest BCUT2D eigenvalue weighted by Crippen LogP contribution is 2.12. The van der Waals surface area contributed by atoms with Gasteiger partial charge in [0.05, 0.1) is 12.6 Å². The van der Waals surface area contributed by atoms with Crippen LogP contribution in [0.1, 0.15) is 26.2 Å². The molecule has 0 saturated carbocycles. The molecule has 18 heavy (non-hydrogen) atoms. The molecule has 0 aromatic carbocycles. The number of carbonyl (C=O) groups is 1. The molecule has 1 N–H and O–H groups in total. The predicted molar refractivity (Wildman–Crippen MR) is 63.1 cm³/mol. The Morgan fingerprint density at radius 2 is 2.28 bits per heavy atom. The molecule has 0 radical (unpaired) electrons. The number of rotatable bonds is 6. The van der Waals surface area contributed by atoms with E-state index >= 15 is 0 Å². The predicted octanol–water partition coefficient (Wildman–Crippen LogP) is 1.23. The monoisotopic (exact) mass is 260 g/mol. The Morgan fingerprint density at radius 1 is 1.61 bits per heavy atom. The highest BCUT2D eigenvalue weighted by Gasteiger charge is 2.17. The average Bonchev–Trinajstić information content (AvgIpc) is 2.82. The Bertz CT molecular complexity index is 394. The molecule has 1 aromatic heterocycles. The van der Waals surface area contributed by atoms with Crippen LogP contribution in [0, 0.1) is 0 Å². The summed E-state index contributed by atoms with van der Waals surface area (Å²) in [4.78, 5) is 17.1. The lowest BCUT2D eigenvalue weighted by atomic mass is 10.3. The van der Waals surface area contributed by atoms with Crippen molar-refractivity contribution in [2.75, 3.05) is 13.6 Å². The zero-order chi connectivity index (χ0) is 13.7. The number of nitrogens with one attached hydrogen (secondary N) is 1. The fourth-order valence-electron chi connectivity index (χ4n) is 1.48. The van der Waals surface area contributed by atoms with Gasteiger partial charge in [-0.25, -0.2) is 4.98 Å². The Labute approximate surface area is 105 Å². The van der Waals surface area contributed by atoms with Crippen LogP contribution in [0.5, 0.6) is 0 Å². The maximum Gasteiger partial charge on any atom is 0.319 e. The van der Waals surface area contributed by atoms with Gasteiger partial charge in [-0.15, -0.1) is 0 Å². The second-order valence-corrected chi connectivity index (χ2v) is 3.98. The van der Waals surface area contributed by atoms with Crippen LogP contribution in [-0.4, -0.2) is 40.0 Å². The first-order chi connectivity index (χ1) is 8.47. The normalized spacial score (nSPS) is 12.8. The van der Waals surface area contributed by atoms with E-state index in [2.05, 4.69) is 10.3 Å². The summed E-state index contributed by atoms with van der Waals surface area (Å²) in [6, 6.07) is -0.433. The highest BCUT2D eigenvalue weighted by molar-refractivity contribution is 5.81. The van der Waals surface area contributed by atoms with Crippen LogP contribution in [0.2, 0.25) is 0 Å². The number of hydrogen-bond donors (Lipinski definition) is 1. The summed E-state index contributed by atoms with van der Waals surface area (Å²) in [6.07, 6.45) is 2.53. The minimum Gasteiger partial charge on any atom is -0.345 e. The van der Waals surface area contributed by atoms with E-state index in [9.17, 15) is 13.6 Å². The zero-order valence-corrected chi connectivity index (χ0v) is 10.7. The third-order valence-corrected chi connectivity index (χ3v) is 2.75. The molecule has 0 bridgehead atoms. The third-order valence-electron chi connectivity index (χ3n) is 2.75. The Kier molecular flexibility index (Phi) is 5.21. The van der Waals surface area contributed by atoms with Gasteiger partial charge < -0.3 is 4.90 Å². The molecule has 1 amide bonds. The number of aromatic nitrogens is 2. The lowest BCUT2D eigenvalue weighted by molar-refractivity contribution is -0.131. The minimum atomic E-state index is -2.62. The van der Waals surface area contributed by atoms with Crippen LogP contribution >= 0.6 is 0 Å². The fraction of sp³-hybridized carbons (Fsp3) is 0.636. The Balaban J connectivity index is 2.54. The number of amides is 1. The standard InChI is InChI=1S/C11H18F2N4O/c1-4-16(3)10(18)8(2)15-7-9-14-5-6-17(9)11(12)13/h5-6,8,11,15H,4,7H2,1-3H3. The van der Waals surface area contributed by atoms with Crippen molar-refractivity contribution in [3.05, 3.63) is 18.2 Å². The van der Waals surface area contributed by atoms with Crippen LogP contribution in [-0.2, 0) is 11.3 Å². The van der Waals surface area contributed by atoms with Crippen LogP contribution in [0.3, 0.4) is 0 Å². The molecule has 1 rings (SSSR count). The Hall–Kier alpha value is -1.50. The zero-order valence-electron chi connectivity index (χ0n) is 10.7. The van der Waals surface area contributed by atoms with E-state index in [4.69, 9.17) is 0 Å². The van der Waals surface area contributed by atoms with Gasteiger partial charge in [-0.05, 0) is 13.8 Å². The van der Waals surface area contributed by atoms with Crippen molar-refractivity contribution in [2.24, 2.45) is 0 Å². The van der Waals surface area contributed by atoms with E-state index in [0.29, 0.717) is 6.54 Å². The fourth-order valence-corrected chi connectivity index (χ4v) is 1.48. The van der Waals surface area contributed by atoms with Gasteiger partial charge in [0, 0.05) is 26.0 Å². The van der Waals surface area contributed by atoms with Crippen molar-refractivity contribution in [3.63, 3.8) is 0 Å². The molecular formula is C11H18F2N4O. The van der Waals surface area contributed by atoms with Gasteiger partial charge >= 0.3 is 6.55 Å². The summed E-state index contributed by atoms with van der Waals surface area (Å²) in [5, 5.41) is 2.89. The van der Waals surface area contributed by atoms with E-state index in [-0.39, 0.29) is 18.3 Å². The molecule has 0 fully saturated rings. The van der Waals surface area contributed by atoms with Crippen LogP contribution in [0.15, 0.2) is 12.4 Å². The molecule has 1 atom stereocenters. The van der Waals surface area contributed by atoms with Gasteiger partial charge in [-0.3, -0.25) is 14.7 Å². The van der Waals surface area contributed by atoms with Crippen molar-refractivity contribution < 1.29 is 13.6 Å². The van der Waals surface area contributed by atoms with Crippen molar-refractivity contribution in [1.82, 2.24) is 19.8 Å². The molecule has 7 heteroatoms. The maximum absolute atomic E-state index is 12.5. The van der Waals surface area contributed by atoms with Crippen LogP contribution in [0.4, 0.5) is 8.78 Å². The van der Waals surface area contributed by atoms with E-state index in [1.54, 1.807) is 18.9 Å². The summed E-state index contributed by atoms with van der Waals surface area (Å²) in [6.45, 7) is 1.69. The number of carbonyl (C=O) groups excluding carboxylic acids is 1. The summed E-state index contributed by atoms with van der Waals surface area (Å²) >= 11 is 0. The highest BCUT2D eigenvalue weighted by atomic mass is 19.3. The molecule has 0 aliphatic carbocycles. The van der Waals surface area contributed by atoms with E-state index in [1.807, 2.05) is 6.92 Å². The first-order valence-electron chi connectivity index (χ1n) is 5.75. The summed E-state index contributed by atoms with van der Waals surface area (Å²) in [7, 11) is 1.70. The number of halogens is 2. The number of alkyl halides is 2. The molecule has 1 aromatic rings. The summed E-state index contributed by atoms with van der Waals surface area (Å²) < 4.78 is 25.9. The lowest BCUT2D eigenvalue weighted by Crippen LogP contribution is -2.43. The molecular weight excluding hydrogens is 242 g/mol. The number of likely N-dealkylation sites (N-methyl/N-ethyl adjacent to an activating group) is 1. The van der Waals surface area contributed by atoms with Crippen molar-refractivity contribution in [3.8, 4) is 0 Å². The Morgan fingerprint density at radius 3 is 2.83 bits per heavy atom. The smallest absolute Gasteiger partial charge is 0.319 e. The van der Waals surface area contributed by atoms with Gasteiger partial charge in [-0.2, -0.15) is 8.78 Å². The molecule has 0 spiro atoms. The van der Waals surface area contributed by atoms with Crippen LogP contribution in [0.25, 0.3) is 0 Å². The average molecular weight is 260 g/mol. The molecule has 0 aliphatic heterocycles. The second kappa shape index (κ2) is 6.44. The van der Waals surface area contributed by atoms with Gasteiger partial charge in [0.25, 0.3) is 0 Å². The van der Waals surface area contributed by atoms with Gasteiger partial charge in [-0.1, -0.05) is 0 Å². The lowest BCUT2D eigenvalue weighted by Gasteiger charge is -2.20. The second-order valence-electron chi connectivity index (χ2n) is 3.98. The SMILES string of the molecule is CCN(C)C(=O)C(C)NCc1nccn1C(F)F. The van der Waals surface area contributed by atoms with Crippen molar-refractivity contribution >= 4 is 5.91 Å². The number of nitrogens with zero attached hydrogens (tertiary/aromatic N) is 3. The number of imidazole rings is 1. The molecule has 1 unspecified atom stereocenters. The van der Waals surface area contributed by atoms with Crippen molar-refractivity contribution in [2.45, 2.75) is 33.0 Å². The maximum atomic E-state index is 12.5. The van der Waals surface area contributed by atoms with E-state index in [1.165, 1.54) is 12.4 Å². The molecule has 102 valence electrons. The largest absolute Gasteiger partial charge is 0.345 e. The molecule has 1 heterocycles. The molecule has 0 aliphatic rings. The molecule has 0 saturated heterocycles. The van der Waals surface area contributed by atoms with Crippen molar-refractivity contribution in [1.29, 1.82) is 0 Å². The minimum absolute atomic E-state index is 0.0762. The topological polar surface area (TPSA) is 50.2 Å². The first-order valence-corrected chi connectivity index (χ1v) is 5.75. The van der Waals surface area contributed by atoms with Gasteiger partial charge in [0.1, 0.15) is 5.82 Å². The first kappa shape index (κ1) is 14.6. The van der Waals surface area contributed by atoms with Gasteiger partial charge in [0.2, 0.25) is 5.91 Å². The number of hydrogen-bond acceptors (Lipinski definition) is 3. The van der Waals surface area contributed by atoms with E-state index < -0.39 is 12.6 Å². The quantitative estimate of drug-likeness (QED) is 0.837. The summed E-state index contributed by atoms with van der Waals surface area (Å²) in [5.74, 6) is 0.136. The summed E-state index contributed by atoms with van der Waals surface area (Å²) in [5.41, 5.74) is 0.